The lowest BCUT2D eigenvalue weighted by molar-refractivity contribution is 0.0727. The molecule has 0 fully saturated rings. The zero-order valence-electron chi connectivity index (χ0n) is 19.1. The third kappa shape index (κ3) is 5.53. The van der Waals surface area contributed by atoms with E-state index in [1.165, 1.54) is 30.4 Å². The van der Waals surface area contributed by atoms with Crippen LogP contribution in [-0.2, 0) is 25.7 Å². The van der Waals surface area contributed by atoms with E-state index in [2.05, 4.69) is 27.4 Å². The van der Waals surface area contributed by atoms with Gasteiger partial charge in [-0.05, 0) is 55.4 Å². The van der Waals surface area contributed by atoms with Crippen LogP contribution >= 0.6 is 0 Å². The van der Waals surface area contributed by atoms with Crippen molar-refractivity contribution >= 4 is 5.97 Å². The highest BCUT2D eigenvalue weighted by molar-refractivity contribution is 5.91. The first-order valence-electron chi connectivity index (χ1n) is 11.2. The molecule has 0 atom stereocenters. The minimum absolute atomic E-state index is 0.343. The van der Waals surface area contributed by atoms with Crippen molar-refractivity contribution in [3.05, 3.63) is 70.8 Å². The third-order valence-corrected chi connectivity index (χ3v) is 5.59. The Morgan fingerprint density at radius 3 is 2.17 bits per heavy atom. The maximum Gasteiger partial charge on any atom is 0.343 e. The molecule has 2 aromatic carbocycles. The van der Waals surface area contributed by atoms with Crippen molar-refractivity contribution in [1.29, 1.82) is 0 Å². The molecule has 3 nitrogen and oxygen atoms in total. The minimum Gasteiger partial charge on any atom is -0.493 e. The second-order valence-corrected chi connectivity index (χ2v) is 7.54. The van der Waals surface area contributed by atoms with Crippen LogP contribution in [0.3, 0.4) is 0 Å². The van der Waals surface area contributed by atoms with E-state index >= 15 is 0 Å². The smallest absolute Gasteiger partial charge is 0.343 e. The summed E-state index contributed by atoms with van der Waals surface area (Å²) in [5.74, 6) is 0.954. The van der Waals surface area contributed by atoms with Gasteiger partial charge in [0.05, 0.1) is 12.7 Å². The number of allylic oxidation sites excluding steroid dienone is 1. The lowest BCUT2D eigenvalue weighted by Crippen LogP contribution is -2.15. The Bertz CT molecular complexity index is 837. The average Bonchev–Trinajstić information content (AvgIpc) is 2.78. The lowest BCUT2D eigenvalue weighted by Gasteiger charge is -2.24. The van der Waals surface area contributed by atoms with Gasteiger partial charge in [0.1, 0.15) is 0 Å². The van der Waals surface area contributed by atoms with Gasteiger partial charge in [-0.25, -0.2) is 4.79 Å². The fourth-order valence-corrected chi connectivity index (χ4v) is 4.15. The molecule has 30 heavy (non-hydrogen) atoms. The number of unbranched alkanes of at least 4 members (excludes halogenated alkanes) is 3. The molecule has 0 saturated carbocycles. The van der Waals surface area contributed by atoms with Gasteiger partial charge in [0.25, 0.3) is 0 Å². The Labute approximate surface area is 182 Å². The quantitative estimate of drug-likeness (QED) is 0.166. The topological polar surface area (TPSA) is 35.5 Å². The fraction of sp³-hybridized carbons (Fsp3) is 0.444. The highest BCUT2D eigenvalue weighted by Crippen LogP contribution is 2.42. The van der Waals surface area contributed by atoms with Gasteiger partial charge in [0.15, 0.2) is 11.5 Å². The second kappa shape index (κ2) is 12.2. The molecule has 2 rings (SSSR count). The maximum atomic E-state index is 12.9. The molecule has 0 aliphatic heterocycles. The van der Waals surface area contributed by atoms with Gasteiger partial charge in [0.2, 0.25) is 0 Å². The van der Waals surface area contributed by atoms with E-state index in [0.717, 1.165) is 43.2 Å². The Morgan fingerprint density at radius 1 is 0.900 bits per heavy atom. The van der Waals surface area contributed by atoms with Crippen LogP contribution in [0.15, 0.2) is 43.0 Å². The number of benzene rings is 2. The molecular formula is C27H36O3. The molecule has 0 unspecified atom stereocenters. The number of hydrogen-bond acceptors (Lipinski definition) is 3. The van der Waals surface area contributed by atoms with Crippen molar-refractivity contribution in [1.82, 2.24) is 0 Å². The van der Waals surface area contributed by atoms with Gasteiger partial charge in [-0.3, -0.25) is 0 Å². The lowest BCUT2D eigenvalue weighted by atomic mass is 9.87. The zero-order chi connectivity index (χ0) is 21.9. The monoisotopic (exact) mass is 408 g/mol. The van der Waals surface area contributed by atoms with Crippen LogP contribution in [0.25, 0.3) is 0 Å². The molecule has 0 amide bonds. The van der Waals surface area contributed by atoms with Crippen molar-refractivity contribution in [3.63, 3.8) is 0 Å². The number of ether oxygens (including phenoxy) is 2. The van der Waals surface area contributed by atoms with Gasteiger partial charge in [0, 0.05) is 11.1 Å². The van der Waals surface area contributed by atoms with E-state index in [1.54, 1.807) is 19.2 Å². The van der Waals surface area contributed by atoms with Crippen LogP contribution in [0.4, 0.5) is 0 Å². The number of esters is 1. The summed E-state index contributed by atoms with van der Waals surface area (Å²) in [5.41, 5.74) is 5.32. The third-order valence-electron chi connectivity index (χ3n) is 5.59. The van der Waals surface area contributed by atoms with Crippen LogP contribution in [0.1, 0.15) is 79.1 Å². The van der Waals surface area contributed by atoms with E-state index in [9.17, 15) is 4.79 Å². The molecule has 0 saturated heterocycles. The summed E-state index contributed by atoms with van der Waals surface area (Å²) in [7, 11) is 1.67. The average molecular weight is 409 g/mol. The van der Waals surface area contributed by atoms with Crippen molar-refractivity contribution in [2.45, 2.75) is 72.1 Å². The SMILES string of the molecule is C=CCc1c(CC)c(CCCCCC)c(OC(=O)c2ccccc2)c(OC)c1CC. The van der Waals surface area contributed by atoms with Gasteiger partial charge < -0.3 is 9.47 Å². The fourth-order valence-electron chi connectivity index (χ4n) is 4.15. The van der Waals surface area contributed by atoms with Crippen LogP contribution in [0, 0.1) is 0 Å². The molecule has 0 aliphatic carbocycles. The van der Waals surface area contributed by atoms with Gasteiger partial charge >= 0.3 is 5.97 Å². The highest BCUT2D eigenvalue weighted by Gasteiger charge is 2.25. The van der Waals surface area contributed by atoms with E-state index in [0.29, 0.717) is 17.1 Å². The number of carbonyl (C=O) groups is 1. The summed E-state index contributed by atoms with van der Waals surface area (Å²) in [6, 6.07) is 9.15. The Kier molecular flexibility index (Phi) is 9.66. The Hall–Kier alpha value is -2.55. The van der Waals surface area contributed by atoms with E-state index < -0.39 is 0 Å². The number of methoxy groups -OCH3 is 1. The van der Waals surface area contributed by atoms with Crippen molar-refractivity contribution in [2.75, 3.05) is 7.11 Å². The van der Waals surface area contributed by atoms with Crippen molar-refractivity contribution in [3.8, 4) is 11.5 Å². The predicted octanol–water partition coefficient (Wildman–Crippen LogP) is 6.89. The molecule has 2 aromatic rings. The molecule has 0 bridgehead atoms. The van der Waals surface area contributed by atoms with E-state index in [4.69, 9.17) is 9.47 Å². The summed E-state index contributed by atoms with van der Waals surface area (Å²) >= 11 is 0. The van der Waals surface area contributed by atoms with E-state index in [-0.39, 0.29) is 5.97 Å². The first kappa shape index (κ1) is 23.7. The predicted molar refractivity (Wildman–Crippen MR) is 125 cm³/mol. The maximum absolute atomic E-state index is 12.9. The summed E-state index contributed by atoms with van der Waals surface area (Å²) in [6.45, 7) is 10.5. The molecule has 0 heterocycles. The summed E-state index contributed by atoms with van der Waals surface area (Å²) in [6.07, 6.45) is 9.95. The number of carbonyl (C=O) groups excluding carboxylic acids is 1. The molecule has 0 N–H and O–H groups in total. The molecule has 162 valence electrons. The summed E-state index contributed by atoms with van der Waals surface area (Å²) in [5, 5.41) is 0. The largest absolute Gasteiger partial charge is 0.493 e. The molecule has 0 aromatic heterocycles. The van der Waals surface area contributed by atoms with E-state index in [1.807, 2.05) is 24.3 Å². The number of hydrogen-bond donors (Lipinski definition) is 0. The molecule has 0 spiro atoms. The normalized spacial score (nSPS) is 10.7. The molecule has 0 aliphatic rings. The standard InChI is InChI=1S/C27H36O3/c1-6-10-11-15-19-24-21(8-3)23(16-7-2)22(9-4)25(29-5)26(24)30-27(28)20-17-13-12-14-18-20/h7,12-14,17-18H,2,6,8-11,15-16,19H2,1,3-5H3. The number of rotatable bonds is 12. The summed E-state index contributed by atoms with van der Waals surface area (Å²) < 4.78 is 11.9. The Morgan fingerprint density at radius 2 is 1.60 bits per heavy atom. The first-order valence-corrected chi connectivity index (χ1v) is 11.2. The van der Waals surface area contributed by atoms with Gasteiger partial charge in [-0.2, -0.15) is 0 Å². The molecular weight excluding hydrogens is 372 g/mol. The highest BCUT2D eigenvalue weighted by atomic mass is 16.6. The second-order valence-electron chi connectivity index (χ2n) is 7.54. The van der Waals surface area contributed by atoms with Crippen LogP contribution in [0.2, 0.25) is 0 Å². The molecule has 3 heteroatoms. The van der Waals surface area contributed by atoms with Gasteiger partial charge in [-0.1, -0.05) is 64.3 Å². The zero-order valence-corrected chi connectivity index (χ0v) is 19.1. The first-order chi connectivity index (χ1) is 14.6. The van der Waals surface area contributed by atoms with Crippen molar-refractivity contribution in [2.24, 2.45) is 0 Å². The van der Waals surface area contributed by atoms with Crippen LogP contribution < -0.4 is 9.47 Å². The molecule has 0 radical (unpaired) electrons. The van der Waals surface area contributed by atoms with Crippen LogP contribution in [-0.4, -0.2) is 13.1 Å². The summed E-state index contributed by atoms with van der Waals surface area (Å²) in [4.78, 5) is 12.9. The van der Waals surface area contributed by atoms with Gasteiger partial charge in [-0.15, -0.1) is 6.58 Å². The van der Waals surface area contributed by atoms with Crippen LogP contribution in [0.5, 0.6) is 11.5 Å². The van der Waals surface area contributed by atoms with Crippen molar-refractivity contribution < 1.29 is 14.3 Å². The minimum atomic E-state index is -0.343. The Balaban J connectivity index is 2.61.